The zero-order chi connectivity index (χ0) is 16.5. The summed E-state index contributed by atoms with van der Waals surface area (Å²) in [6.45, 7) is 1.76. The van der Waals surface area contributed by atoms with Gasteiger partial charge in [-0.1, -0.05) is 18.2 Å². The van der Waals surface area contributed by atoms with Gasteiger partial charge in [0.25, 0.3) is 0 Å². The second-order valence-corrected chi connectivity index (χ2v) is 8.53. The topological polar surface area (TPSA) is 64.6 Å². The van der Waals surface area contributed by atoms with Gasteiger partial charge in [0.1, 0.15) is 11.4 Å². The van der Waals surface area contributed by atoms with E-state index in [1.54, 1.807) is 6.92 Å². The van der Waals surface area contributed by atoms with E-state index in [0.29, 0.717) is 6.42 Å². The highest BCUT2D eigenvalue weighted by Gasteiger charge is 2.43. The Labute approximate surface area is 138 Å². The van der Waals surface area contributed by atoms with Crippen LogP contribution in [0.25, 0.3) is 0 Å². The van der Waals surface area contributed by atoms with Gasteiger partial charge in [-0.05, 0) is 38.7 Å². The zero-order valence-electron chi connectivity index (χ0n) is 13.7. The van der Waals surface area contributed by atoms with Crippen LogP contribution in [-0.4, -0.2) is 33.0 Å². The van der Waals surface area contributed by atoms with Crippen LogP contribution in [0.5, 0.6) is 5.75 Å². The Morgan fingerprint density at radius 3 is 2.74 bits per heavy atom. The SMILES string of the molecule is COC(C)CS(=O)(=O)NC1CC2(CCCC2)Oc2ccccc21. The van der Waals surface area contributed by atoms with Gasteiger partial charge in [0.05, 0.1) is 17.9 Å². The summed E-state index contributed by atoms with van der Waals surface area (Å²) in [7, 11) is -1.89. The first kappa shape index (κ1) is 16.7. The highest BCUT2D eigenvalue weighted by atomic mass is 32.2. The molecule has 3 rings (SSSR count). The van der Waals surface area contributed by atoms with E-state index in [4.69, 9.17) is 9.47 Å². The lowest BCUT2D eigenvalue weighted by molar-refractivity contribution is 0.0402. The van der Waals surface area contributed by atoms with Crippen molar-refractivity contribution >= 4 is 10.0 Å². The quantitative estimate of drug-likeness (QED) is 0.896. The molecule has 1 aliphatic carbocycles. The van der Waals surface area contributed by atoms with Gasteiger partial charge in [0, 0.05) is 19.1 Å². The summed E-state index contributed by atoms with van der Waals surface area (Å²) >= 11 is 0. The maximum absolute atomic E-state index is 12.4. The van der Waals surface area contributed by atoms with E-state index in [9.17, 15) is 8.42 Å². The predicted molar refractivity (Wildman–Crippen MR) is 89.0 cm³/mol. The van der Waals surface area contributed by atoms with Gasteiger partial charge in [0.2, 0.25) is 10.0 Å². The first-order valence-corrected chi connectivity index (χ1v) is 9.89. The highest BCUT2D eigenvalue weighted by molar-refractivity contribution is 7.89. The van der Waals surface area contributed by atoms with Crippen LogP contribution in [0.15, 0.2) is 24.3 Å². The van der Waals surface area contributed by atoms with Crippen molar-refractivity contribution in [3.63, 3.8) is 0 Å². The van der Waals surface area contributed by atoms with Crippen LogP contribution in [-0.2, 0) is 14.8 Å². The van der Waals surface area contributed by atoms with E-state index in [1.807, 2.05) is 24.3 Å². The molecule has 1 fully saturated rings. The molecule has 2 aliphatic rings. The van der Waals surface area contributed by atoms with Gasteiger partial charge >= 0.3 is 0 Å². The molecule has 1 saturated carbocycles. The minimum atomic E-state index is -3.41. The minimum Gasteiger partial charge on any atom is -0.487 e. The molecule has 1 N–H and O–H groups in total. The highest BCUT2D eigenvalue weighted by Crippen LogP contribution is 2.47. The third-order valence-electron chi connectivity index (χ3n) is 4.89. The molecule has 6 heteroatoms. The maximum atomic E-state index is 12.4. The molecular weight excluding hydrogens is 314 g/mol. The van der Waals surface area contributed by atoms with E-state index in [-0.39, 0.29) is 23.5 Å². The lowest BCUT2D eigenvalue weighted by Gasteiger charge is -2.40. The summed E-state index contributed by atoms with van der Waals surface area (Å²) in [5.74, 6) is 0.781. The number of para-hydroxylation sites is 1. The summed E-state index contributed by atoms with van der Waals surface area (Å²) < 4.78 is 39.1. The van der Waals surface area contributed by atoms with Crippen LogP contribution in [0, 0.1) is 0 Å². The van der Waals surface area contributed by atoms with E-state index in [0.717, 1.165) is 37.0 Å². The Hall–Kier alpha value is -1.11. The Bertz CT molecular complexity index is 652. The van der Waals surface area contributed by atoms with Crippen molar-refractivity contribution in [3.8, 4) is 5.75 Å². The number of fused-ring (bicyclic) bond motifs is 1. The van der Waals surface area contributed by atoms with Crippen molar-refractivity contribution in [1.29, 1.82) is 0 Å². The predicted octanol–water partition coefficient (Wildman–Crippen LogP) is 2.78. The van der Waals surface area contributed by atoms with Crippen LogP contribution >= 0.6 is 0 Å². The molecule has 5 nitrogen and oxygen atoms in total. The molecule has 2 unspecified atom stereocenters. The first-order valence-electron chi connectivity index (χ1n) is 8.24. The molecule has 1 aliphatic heterocycles. The number of hydrogen-bond donors (Lipinski definition) is 1. The summed E-state index contributed by atoms with van der Waals surface area (Å²) in [5.41, 5.74) is 0.715. The summed E-state index contributed by atoms with van der Waals surface area (Å²) in [4.78, 5) is 0. The monoisotopic (exact) mass is 339 g/mol. The number of benzene rings is 1. The largest absolute Gasteiger partial charge is 0.487 e. The van der Waals surface area contributed by atoms with E-state index in [2.05, 4.69) is 4.72 Å². The van der Waals surface area contributed by atoms with Crippen LogP contribution in [0.4, 0.5) is 0 Å². The van der Waals surface area contributed by atoms with Gasteiger partial charge < -0.3 is 9.47 Å². The Morgan fingerprint density at radius 1 is 1.35 bits per heavy atom. The van der Waals surface area contributed by atoms with Crippen molar-refractivity contribution in [1.82, 2.24) is 4.72 Å². The summed E-state index contributed by atoms with van der Waals surface area (Å²) in [5, 5.41) is 0. The summed E-state index contributed by atoms with van der Waals surface area (Å²) in [6, 6.07) is 7.52. The molecule has 1 heterocycles. The molecule has 1 spiro atoms. The average molecular weight is 339 g/mol. The molecule has 0 aromatic heterocycles. The number of hydrogen-bond acceptors (Lipinski definition) is 4. The fraction of sp³-hybridized carbons (Fsp3) is 0.647. The molecule has 0 bridgehead atoms. The zero-order valence-corrected chi connectivity index (χ0v) is 14.6. The Morgan fingerprint density at radius 2 is 2.04 bits per heavy atom. The second-order valence-electron chi connectivity index (χ2n) is 6.73. The minimum absolute atomic E-state index is 0.0317. The maximum Gasteiger partial charge on any atom is 0.214 e. The van der Waals surface area contributed by atoms with Crippen LogP contribution in [0.1, 0.15) is 50.6 Å². The molecular formula is C17H25NO4S. The molecule has 2 atom stereocenters. The smallest absolute Gasteiger partial charge is 0.214 e. The van der Waals surface area contributed by atoms with Gasteiger partial charge in [-0.3, -0.25) is 0 Å². The standard InChI is InChI=1S/C17H25NO4S/c1-13(21-2)12-23(19,20)18-15-11-17(9-5-6-10-17)22-16-8-4-3-7-14(15)16/h3-4,7-8,13,15,18H,5-6,9-12H2,1-2H3. The van der Waals surface area contributed by atoms with Crippen molar-refractivity contribution in [2.45, 2.75) is 56.8 Å². The van der Waals surface area contributed by atoms with Gasteiger partial charge in [0.15, 0.2) is 0 Å². The van der Waals surface area contributed by atoms with Gasteiger partial charge in [-0.15, -0.1) is 0 Å². The van der Waals surface area contributed by atoms with E-state index >= 15 is 0 Å². The van der Waals surface area contributed by atoms with Crippen molar-refractivity contribution < 1.29 is 17.9 Å². The lowest BCUT2D eigenvalue weighted by atomic mass is 9.86. The third kappa shape index (κ3) is 3.70. The molecule has 0 amide bonds. The average Bonchev–Trinajstić information content (AvgIpc) is 2.93. The molecule has 0 saturated heterocycles. The van der Waals surface area contributed by atoms with E-state index < -0.39 is 10.0 Å². The normalized spacial score (nSPS) is 24.2. The van der Waals surface area contributed by atoms with Crippen molar-refractivity contribution in [2.75, 3.05) is 12.9 Å². The number of methoxy groups -OCH3 is 1. The van der Waals surface area contributed by atoms with E-state index in [1.165, 1.54) is 7.11 Å². The molecule has 1 aromatic rings. The molecule has 128 valence electrons. The number of sulfonamides is 1. The van der Waals surface area contributed by atoms with Crippen molar-refractivity contribution in [3.05, 3.63) is 29.8 Å². The number of ether oxygens (including phenoxy) is 2. The van der Waals surface area contributed by atoms with Gasteiger partial charge in [-0.2, -0.15) is 0 Å². The van der Waals surface area contributed by atoms with Crippen LogP contribution in [0.2, 0.25) is 0 Å². The van der Waals surface area contributed by atoms with Crippen molar-refractivity contribution in [2.24, 2.45) is 0 Å². The molecule has 1 aromatic carbocycles. The van der Waals surface area contributed by atoms with Gasteiger partial charge in [-0.25, -0.2) is 13.1 Å². The number of nitrogens with one attached hydrogen (secondary N) is 1. The number of rotatable bonds is 5. The van der Waals surface area contributed by atoms with Crippen LogP contribution in [0.3, 0.4) is 0 Å². The second kappa shape index (κ2) is 6.42. The fourth-order valence-corrected chi connectivity index (χ4v) is 5.18. The van der Waals surface area contributed by atoms with Crippen LogP contribution < -0.4 is 9.46 Å². The lowest BCUT2D eigenvalue weighted by Crippen LogP contribution is -2.44. The Balaban J connectivity index is 1.85. The molecule has 0 radical (unpaired) electrons. The Kier molecular flexibility index (Phi) is 4.67. The third-order valence-corrected chi connectivity index (χ3v) is 6.44. The molecule has 23 heavy (non-hydrogen) atoms. The fourth-order valence-electron chi connectivity index (χ4n) is 3.69. The summed E-state index contributed by atoms with van der Waals surface area (Å²) in [6.07, 6.45) is 4.64. The first-order chi connectivity index (χ1) is 10.9.